The standard InChI is InChI=1S/C21H27NO2/c1-18-8-10-20(11-9-18)12-13-21(23)22-15-5-16-24-17-14-19-6-3-2-4-7-19/h2-4,6-11H,5,12-17H2,1H3,(H,22,23). The Bertz CT molecular complexity index is 593. The van der Waals surface area contributed by atoms with E-state index < -0.39 is 0 Å². The molecule has 0 aliphatic rings. The summed E-state index contributed by atoms with van der Waals surface area (Å²) in [4.78, 5) is 11.8. The fourth-order valence-electron chi connectivity index (χ4n) is 2.44. The second-order valence-corrected chi connectivity index (χ2v) is 6.04. The van der Waals surface area contributed by atoms with Gasteiger partial charge in [-0.1, -0.05) is 60.2 Å². The zero-order valence-corrected chi connectivity index (χ0v) is 14.5. The van der Waals surface area contributed by atoms with Crippen molar-refractivity contribution in [2.45, 2.75) is 32.6 Å². The number of amides is 1. The zero-order valence-electron chi connectivity index (χ0n) is 14.5. The van der Waals surface area contributed by atoms with Gasteiger partial charge < -0.3 is 10.1 Å². The van der Waals surface area contributed by atoms with Crippen molar-refractivity contribution in [1.82, 2.24) is 5.32 Å². The molecule has 0 aliphatic carbocycles. The summed E-state index contributed by atoms with van der Waals surface area (Å²) in [6.45, 7) is 4.16. The van der Waals surface area contributed by atoms with E-state index >= 15 is 0 Å². The molecule has 2 rings (SSSR count). The van der Waals surface area contributed by atoms with E-state index in [0.29, 0.717) is 19.6 Å². The SMILES string of the molecule is Cc1ccc(CCC(=O)NCCCOCCc2ccccc2)cc1. The number of carbonyl (C=O) groups excluding carboxylic acids is 1. The Labute approximate surface area is 145 Å². The van der Waals surface area contributed by atoms with E-state index in [1.54, 1.807) is 0 Å². The first-order valence-corrected chi connectivity index (χ1v) is 8.68. The molecule has 0 heterocycles. The van der Waals surface area contributed by atoms with Crippen LogP contribution in [-0.4, -0.2) is 25.7 Å². The van der Waals surface area contributed by atoms with Gasteiger partial charge in [-0.2, -0.15) is 0 Å². The lowest BCUT2D eigenvalue weighted by Gasteiger charge is -2.07. The van der Waals surface area contributed by atoms with E-state index in [-0.39, 0.29) is 5.91 Å². The summed E-state index contributed by atoms with van der Waals surface area (Å²) < 4.78 is 5.61. The Morgan fingerprint density at radius 3 is 2.38 bits per heavy atom. The van der Waals surface area contributed by atoms with Crippen LogP contribution in [0, 0.1) is 6.92 Å². The highest BCUT2D eigenvalue weighted by Crippen LogP contribution is 2.05. The van der Waals surface area contributed by atoms with E-state index in [4.69, 9.17) is 4.74 Å². The predicted molar refractivity (Wildman–Crippen MR) is 98.1 cm³/mol. The van der Waals surface area contributed by atoms with Crippen molar-refractivity contribution in [1.29, 1.82) is 0 Å². The fraction of sp³-hybridized carbons (Fsp3) is 0.381. The Morgan fingerprint density at radius 1 is 0.917 bits per heavy atom. The van der Waals surface area contributed by atoms with Gasteiger partial charge in [-0.15, -0.1) is 0 Å². The maximum absolute atomic E-state index is 11.8. The Morgan fingerprint density at radius 2 is 1.62 bits per heavy atom. The fourth-order valence-corrected chi connectivity index (χ4v) is 2.44. The number of ether oxygens (including phenoxy) is 1. The van der Waals surface area contributed by atoms with Crippen LogP contribution >= 0.6 is 0 Å². The van der Waals surface area contributed by atoms with Crippen molar-refractivity contribution in [3.8, 4) is 0 Å². The van der Waals surface area contributed by atoms with Gasteiger partial charge in [0.05, 0.1) is 6.61 Å². The summed E-state index contributed by atoms with van der Waals surface area (Å²) in [5.74, 6) is 0.111. The Kier molecular flexibility index (Phi) is 8.05. The van der Waals surface area contributed by atoms with E-state index in [1.165, 1.54) is 16.7 Å². The van der Waals surface area contributed by atoms with Gasteiger partial charge in [-0.25, -0.2) is 0 Å². The molecule has 0 spiro atoms. The van der Waals surface area contributed by atoms with Crippen LogP contribution in [-0.2, 0) is 22.4 Å². The van der Waals surface area contributed by atoms with Crippen LogP contribution in [0.5, 0.6) is 0 Å². The molecule has 1 N–H and O–H groups in total. The molecule has 128 valence electrons. The molecule has 0 saturated carbocycles. The number of benzene rings is 2. The van der Waals surface area contributed by atoms with Crippen molar-refractivity contribution in [2.24, 2.45) is 0 Å². The number of carbonyl (C=O) groups is 1. The predicted octanol–water partition coefficient (Wildman–Crippen LogP) is 3.69. The molecule has 3 nitrogen and oxygen atoms in total. The smallest absolute Gasteiger partial charge is 0.220 e. The van der Waals surface area contributed by atoms with Gasteiger partial charge in [0.25, 0.3) is 0 Å². The first-order valence-electron chi connectivity index (χ1n) is 8.68. The maximum atomic E-state index is 11.8. The average Bonchev–Trinajstić information content (AvgIpc) is 2.61. The summed E-state index contributed by atoms with van der Waals surface area (Å²) >= 11 is 0. The number of rotatable bonds is 10. The van der Waals surface area contributed by atoms with Crippen LogP contribution in [0.3, 0.4) is 0 Å². The molecule has 0 fully saturated rings. The summed E-state index contributed by atoms with van der Waals surface area (Å²) in [6.07, 6.45) is 3.12. The number of hydrogen-bond donors (Lipinski definition) is 1. The van der Waals surface area contributed by atoms with Gasteiger partial charge in [0, 0.05) is 19.6 Å². The van der Waals surface area contributed by atoms with Crippen LogP contribution in [0.1, 0.15) is 29.5 Å². The van der Waals surface area contributed by atoms with Gasteiger partial charge in [0.15, 0.2) is 0 Å². The number of aryl methyl sites for hydroxylation is 2. The lowest BCUT2D eigenvalue weighted by atomic mass is 10.1. The molecule has 2 aromatic carbocycles. The van der Waals surface area contributed by atoms with Crippen molar-refractivity contribution < 1.29 is 9.53 Å². The highest BCUT2D eigenvalue weighted by molar-refractivity contribution is 5.76. The lowest BCUT2D eigenvalue weighted by Crippen LogP contribution is -2.25. The molecule has 0 aromatic heterocycles. The maximum Gasteiger partial charge on any atom is 0.220 e. The molecule has 0 saturated heterocycles. The molecule has 24 heavy (non-hydrogen) atoms. The van der Waals surface area contributed by atoms with Crippen LogP contribution in [0.25, 0.3) is 0 Å². The van der Waals surface area contributed by atoms with Gasteiger partial charge in [0.1, 0.15) is 0 Å². The highest BCUT2D eigenvalue weighted by atomic mass is 16.5. The normalized spacial score (nSPS) is 10.5. The molecule has 2 aromatic rings. The highest BCUT2D eigenvalue weighted by Gasteiger charge is 2.01. The first-order chi connectivity index (χ1) is 11.7. The molecule has 0 unspecified atom stereocenters. The molecule has 0 bridgehead atoms. The third kappa shape index (κ3) is 7.42. The molecule has 0 atom stereocenters. The van der Waals surface area contributed by atoms with Crippen LogP contribution in [0.2, 0.25) is 0 Å². The molecule has 1 amide bonds. The summed E-state index contributed by atoms with van der Waals surface area (Å²) in [6, 6.07) is 18.7. The average molecular weight is 325 g/mol. The molecule has 0 radical (unpaired) electrons. The molecular formula is C21H27NO2. The van der Waals surface area contributed by atoms with E-state index in [0.717, 1.165) is 25.9 Å². The van der Waals surface area contributed by atoms with Gasteiger partial charge in [-0.05, 0) is 37.3 Å². The monoisotopic (exact) mass is 325 g/mol. The minimum absolute atomic E-state index is 0.111. The van der Waals surface area contributed by atoms with Crippen LogP contribution in [0.4, 0.5) is 0 Å². The number of hydrogen-bond acceptors (Lipinski definition) is 2. The third-order valence-corrected chi connectivity index (χ3v) is 3.93. The van der Waals surface area contributed by atoms with Gasteiger partial charge in [0.2, 0.25) is 5.91 Å². The zero-order chi connectivity index (χ0) is 17.0. The number of nitrogens with one attached hydrogen (secondary N) is 1. The van der Waals surface area contributed by atoms with Gasteiger partial charge in [-0.3, -0.25) is 4.79 Å². The van der Waals surface area contributed by atoms with Crippen molar-refractivity contribution in [3.63, 3.8) is 0 Å². The van der Waals surface area contributed by atoms with E-state index in [1.807, 2.05) is 18.2 Å². The van der Waals surface area contributed by atoms with Crippen LogP contribution in [0.15, 0.2) is 54.6 Å². The largest absolute Gasteiger partial charge is 0.381 e. The van der Waals surface area contributed by atoms with Crippen molar-refractivity contribution in [3.05, 3.63) is 71.3 Å². The first kappa shape index (κ1) is 18.2. The van der Waals surface area contributed by atoms with Crippen molar-refractivity contribution in [2.75, 3.05) is 19.8 Å². The minimum Gasteiger partial charge on any atom is -0.381 e. The Balaban J connectivity index is 1.46. The molecular weight excluding hydrogens is 298 g/mol. The molecule has 0 aliphatic heterocycles. The lowest BCUT2D eigenvalue weighted by molar-refractivity contribution is -0.121. The topological polar surface area (TPSA) is 38.3 Å². The summed E-state index contributed by atoms with van der Waals surface area (Å²) in [5, 5.41) is 2.95. The van der Waals surface area contributed by atoms with E-state index in [9.17, 15) is 4.79 Å². The molecule has 3 heteroatoms. The minimum atomic E-state index is 0.111. The van der Waals surface area contributed by atoms with Crippen LogP contribution < -0.4 is 5.32 Å². The second-order valence-electron chi connectivity index (χ2n) is 6.04. The second kappa shape index (κ2) is 10.6. The quantitative estimate of drug-likeness (QED) is 0.677. The third-order valence-electron chi connectivity index (χ3n) is 3.93. The van der Waals surface area contributed by atoms with E-state index in [2.05, 4.69) is 48.6 Å². The van der Waals surface area contributed by atoms with Gasteiger partial charge >= 0.3 is 0 Å². The summed E-state index contributed by atoms with van der Waals surface area (Å²) in [5.41, 5.74) is 3.75. The Hall–Kier alpha value is -2.13. The van der Waals surface area contributed by atoms with Crippen molar-refractivity contribution >= 4 is 5.91 Å². The summed E-state index contributed by atoms with van der Waals surface area (Å²) in [7, 11) is 0.